The molecule has 126 valence electrons. The zero-order chi connectivity index (χ0) is 17.1. The minimum atomic E-state index is -0.154. The summed E-state index contributed by atoms with van der Waals surface area (Å²) in [5.74, 6) is 0. The molecule has 0 aliphatic heterocycles. The Kier molecular flexibility index (Phi) is 4.63. The minimum absolute atomic E-state index is 0.154. The van der Waals surface area contributed by atoms with Crippen LogP contribution in [0.5, 0.6) is 0 Å². The molecule has 2 aromatic carbocycles. The number of fused-ring (bicyclic) bond motifs is 2. The first-order valence-electron chi connectivity index (χ1n) is 8.11. The lowest BCUT2D eigenvalue weighted by molar-refractivity contribution is 0.240. The van der Waals surface area contributed by atoms with Gasteiger partial charge in [-0.3, -0.25) is 0 Å². The molecular weight excluding hydrogens is 350 g/mol. The number of nitrogens with one attached hydrogen (secondary N) is 2. The van der Waals surface area contributed by atoms with Crippen LogP contribution in [0.2, 0.25) is 0 Å². The standard InChI is InChI=1S/C19H17N3OS2/c23-19(21-11-18-22-15-6-2-4-8-17(15)25-18)20-10-9-13-12-24-16-7-3-1-5-14(13)16/h1-8,12H,9-11H2,(H2,20,21,23). The smallest absolute Gasteiger partial charge is 0.315 e. The molecule has 0 saturated carbocycles. The van der Waals surface area contributed by atoms with Crippen molar-refractivity contribution in [2.45, 2.75) is 13.0 Å². The van der Waals surface area contributed by atoms with Gasteiger partial charge >= 0.3 is 6.03 Å². The van der Waals surface area contributed by atoms with Gasteiger partial charge in [0.05, 0.1) is 16.8 Å². The monoisotopic (exact) mass is 367 g/mol. The van der Waals surface area contributed by atoms with Gasteiger partial charge in [0.1, 0.15) is 5.01 Å². The molecule has 2 N–H and O–H groups in total. The van der Waals surface area contributed by atoms with Gasteiger partial charge < -0.3 is 10.6 Å². The van der Waals surface area contributed by atoms with Gasteiger partial charge in [-0.1, -0.05) is 30.3 Å². The van der Waals surface area contributed by atoms with Crippen LogP contribution in [0.3, 0.4) is 0 Å². The third kappa shape index (κ3) is 3.65. The molecule has 6 heteroatoms. The Bertz CT molecular complexity index is 989. The molecule has 2 heterocycles. The van der Waals surface area contributed by atoms with E-state index in [2.05, 4.69) is 45.3 Å². The summed E-state index contributed by atoms with van der Waals surface area (Å²) in [5, 5.41) is 10.2. The highest BCUT2D eigenvalue weighted by Gasteiger charge is 2.07. The molecule has 2 amide bonds. The molecule has 4 nitrogen and oxygen atoms in total. The summed E-state index contributed by atoms with van der Waals surface area (Å²) in [4.78, 5) is 16.5. The van der Waals surface area contributed by atoms with E-state index in [1.807, 2.05) is 24.3 Å². The SMILES string of the molecule is O=C(NCCc1csc2ccccc12)NCc1nc2ccccc2s1. The maximum atomic E-state index is 12.0. The summed E-state index contributed by atoms with van der Waals surface area (Å²) in [6.07, 6.45) is 0.832. The van der Waals surface area contributed by atoms with Crippen molar-refractivity contribution in [3.8, 4) is 0 Å². The fraction of sp³-hybridized carbons (Fsp3) is 0.158. The molecule has 0 fully saturated rings. The van der Waals surface area contributed by atoms with Crippen molar-refractivity contribution in [2.24, 2.45) is 0 Å². The third-order valence-electron chi connectivity index (χ3n) is 3.98. The largest absolute Gasteiger partial charge is 0.338 e. The van der Waals surface area contributed by atoms with E-state index in [1.54, 1.807) is 22.7 Å². The maximum Gasteiger partial charge on any atom is 0.315 e. The number of nitrogens with zero attached hydrogens (tertiary/aromatic N) is 1. The maximum absolute atomic E-state index is 12.0. The van der Waals surface area contributed by atoms with Crippen LogP contribution < -0.4 is 10.6 Å². The lowest BCUT2D eigenvalue weighted by Crippen LogP contribution is -2.36. The molecular formula is C19H17N3OS2. The van der Waals surface area contributed by atoms with Gasteiger partial charge in [-0.15, -0.1) is 22.7 Å². The molecule has 0 aliphatic rings. The second kappa shape index (κ2) is 7.21. The number of rotatable bonds is 5. The summed E-state index contributed by atoms with van der Waals surface area (Å²) < 4.78 is 2.43. The van der Waals surface area contributed by atoms with E-state index >= 15 is 0 Å². The van der Waals surface area contributed by atoms with Crippen molar-refractivity contribution in [1.82, 2.24) is 15.6 Å². The number of carbonyl (C=O) groups excluding carboxylic acids is 1. The number of hydrogen-bond donors (Lipinski definition) is 2. The van der Waals surface area contributed by atoms with E-state index in [0.29, 0.717) is 13.1 Å². The first-order valence-corrected chi connectivity index (χ1v) is 9.80. The topological polar surface area (TPSA) is 54.0 Å². The molecule has 2 aromatic heterocycles. The summed E-state index contributed by atoms with van der Waals surface area (Å²) >= 11 is 3.36. The first-order chi connectivity index (χ1) is 12.3. The number of para-hydroxylation sites is 1. The Morgan fingerprint density at radius 3 is 2.68 bits per heavy atom. The zero-order valence-electron chi connectivity index (χ0n) is 13.5. The van der Waals surface area contributed by atoms with Crippen LogP contribution in [0.15, 0.2) is 53.9 Å². The van der Waals surface area contributed by atoms with E-state index in [-0.39, 0.29) is 6.03 Å². The van der Waals surface area contributed by atoms with E-state index in [1.165, 1.54) is 15.6 Å². The van der Waals surface area contributed by atoms with Gasteiger partial charge in [0.15, 0.2) is 0 Å². The van der Waals surface area contributed by atoms with Crippen molar-refractivity contribution in [1.29, 1.82) is 0 Å². The second-order valence-corrected chi connectivity index (χ2v) is 7.72. The fourth-order valence-electron chi connectivity index (χ4n) is 2.75. The van der Waals surface area contributed by atoms with Crippen molar-refractivity contribution in [3.05, 3.63) is 64.5 Å². The van der Waals surface area contributed by atoms with E-state index in [9.17, 15) is 4.79 Å². The molecule has 0 bridgehead atoms. The predicted octanol–water partition coefficient (Wildman–Crippen LogP) is 4.55. The Labute approximate surface area is 153 Å². The van der Waals surface area contributed by atoms with Gasteiger partial charge in [-0.05, 0) is 40.9 Å². The van der Waals surface area contributed by atoms with Gasteiger partial charge in [-0.25, -0.2) is 9.78 Å². The van der Waals surface area contributed by atoms with Gasteiger partial charge in [0.2, 0.25) is 0 Å². The van der Waals surface area contributed by atoms with Crippen molar-refractivity contribution < 1.29 is 4.79 Å². The molecule has 4 aromatic rings. The summed E-state index contributed by atoms with van der Waals surface area (Å²) in [5.41, 5.74) is 2.26. The lowest BCUT2D eigenvalue weighted by atomic mass is 10.1. The molecule has 25 heavy (non-hydrogen) atoms. The van der Waals surface area contributed by atoms with E-state index < -0.39 is 0 Å². The minimum Gasteiger partial charge on any atom is -0.338 e. The number of amides is 2. The van der Waals surface area contributed by atoms with Crippen LogP contribution in [-0.4, -0.2) is 17.6 Å². The van der Waals surface area contributed by atoms with Crippen LogP contribution in [-0.2, 0) is 13.0 Å². The van der Waals surface area contributed by atoms with Crippen LogP contribution in [0.4, 0.5) is 4.79 Å². The average molecular weight is 367 g/mol. The average Bonchev–Trinajstić information content (AvgIpc) is 3.24. The van der Waals surface area contributed by atoms with Crippen molar-refractivity contribution >= 4 is 49.0 Å². The van der Waals surface area contributed by atoms with E-state index in [0.717, 1.165) is 21.6 Å². The highest BCUT2D eigenvalue weighted by atomic mass is 32.1. The number of hydrogen-bond acceptors (Lipinski definition) is 4. The van der Waals surface area contributed by atoms with Crippen molar-refractivity contribution in [3.63, 3.8) is 0 Å². The molecule has 0 radical (unpaired) electrons. The number of carbonyl (C=O) groups is 1. The fourth-order valence-corrected chi connectivity index (χ4v) is 4.66. The summed E-state index contributed by atoms with van der Waals surface area (Å²) in [6.45, 7) is 1.07. The molecule has 0 unspecified atom stereocenters. The summed E-state index contributed by atoms with van der Waals surface area (Å²) in [7, 11) is 0. The number of benzene rings is 2. The number of thiophene rings is 1. The molecule has 0 saturated heterocycles. The van der Waals surface area contributed by atoms with Gasteiger partial charge in [0.25, 0.3) is 0 Å². The Balaban J connectivity index is 1.27. The Morgan fingerprint density at radius 1 is 1.00 bits per heavy atom. The summed E-state index contributed by atoms with van der Waals surface area (Å²) in [6, 6.07) is 16.2. The number of aromatic nitrogens is 1. The third-order valence-corrected chi connectivity index (χ3v) is 6.03. The van der Waals surface area contributed by atoms with Gasteiger partial charge in [-0.2, -0.15) is 0 Å². The van der Waals surface area contributed by atoms with E-state index in [4.69, 9.17) is 0 Å². The van der Waals surface area contributed by atoms with Crippen LogP contribution in [0.25, 0.3) is 20.3 Å². The quantitative estimate of drug-likeness (QED) is 0.543. The highest BCUT2D eigenvalue weighted by molar-refractivity contribution is 7.18. The lowest BCUT2D eigenvalue weighted by Gasteiger charge is -2.06. The molecule has 0 spiro atoms. The first kappa shape index (κ1) is 16.1. The second-order valence-electron chi connectivity index (χ2n) is 5.69. The Hall–Kier alpha value is -2.44. The van der Waals surface area contributed by atoms with Crippen LogP contribution in [0, 0.1) is 0 Å². The van der Waals surface area contributed by atoms with Gasteiger partial charge in [0, 0.05) is 11.2 Å². The molecule has 0 aliphatic carbocycles. The number of urea groups is 1. The zero-order valence-corrected chi connectivity index (χ0v) is 15.1. The van der Waals surface area contributed by atoms with Crippen LogP contribution >= 0.6 is 22.7 Å². The molecule has 0 atom stereocenters. The number of thiazole rings is 1. The predicted molar refractivity (Wildman–Crippen MR) is 105 cm³/mol. The van der Waals surface area contributed by atoms with Crippen LogP contribution in [0.1, 0.15) is 10.6 Å². The Morgan fingerprint density at radius 2 is 1.80 bits per heavy atom. The highest BCUT2D eigenvalue weighted by Crippen LogP contribution is 2.25. The van der Waals surface area contributed by atoms with Crippen molar-refractivity contribution in [2.75, 3.05) is 6.54 Å². The normalized spacial score (nSPS) is 11.0. The molecule has 4 rings (SSSR count).